The van der Waals surface area contributed by atoms with Crippen LogP contribution in [0.5, 0.6) is 0 Å². The van der Waals surface area contributed by atoms with E-state index in [1.54, 1.807) is 0 Å². The fourth-order valence-corrected chi connectivity index (χ4v) is 4.64. The molecule has 0 unspecified atom stereocenters. The maximum absolute atomic E-state index is 12.3. The Bertz CT molecular complexity index is 626. The average molecular weight is 333 g/mol. The molecule has 0 bridgehead atoms. The van der Waals surface area contributed by atoms with Crippen LogP contribution < -0.4 is 10.6 Å². The number of urea groups is 1. The van der Waals surface area contributed by atoms with Gasteiger partial charge in [-0.15, -0.1) is 10.2 Å². The van der Waals surface area contributed by atoms with Crippen molar-refractivity contribution in [2.45, 2.75) is 71.2 Å². The second-order valence-electron chi connectivity index (χ2n) is 7.86. The number of nitrogens with one attached hydrogen (secondary N) is 2. The molecule has 3 aliphatic rings. The molecule has 2 amide bonds. The highest BCUT2D eigenvalue weighted by Gasteiger charge is 2.59. The molecule has 24 heavy (non-hydrogen) atoms. The van der Waals surface area contributed by atoms with Gasteiger partial charge in [0, 0.05) is 36.9 Å². The first-order valence-electron chi connectivity index (χ1n) is 9.14. The lowest BCUT2D eigenvalue weighted by Crippen LogP contribution is -2.67. The molecule has 0 radical (unpaired) electrons. The molecular formula is C17H27N5O2. The predicted octanol–water partition coefficient (Wildman–Crippen LogP) is 1.62. The first-order valence-corrected chi connectivity index (χ1v) is 9.14. The van der Waals surface area contributed by atoms with E-state index in [2.05, 4.69) is 39.2 Å². The van der Waals surface area contributed by atoms with Crippen LogP contribution in [0.2, 0.25) is 0 Å². The third-order valence-corrected chi connectivity index (χ3v) is 5.98. The van der Waals surface area contributed by atoms with Gasteiger partial charge in [0.15, 0.2) is 5.82 Å². The third-order valence-electron chi connectivity index (χ3n) is 5.98. The normalized spacial score (nSPS) is 30.7. The van der Waals surface area contributed by atoms with Crippen molar-refractivity contribution in [3.8, 4) is 0 Å². The number of rotatable bonds is 3. The third kappa shape index (κ3) is 2.59. The van der Waals surface area contributed by atoms with Crippen LogP contribution in [0.1, 0.15) is 51.2 Å². The van der Waals surface area contributed by atoms with Crippen LogP contribution in [0.25, 0.3) is 0 Å². The van der Waals surface area contributed by atoms with Crippen LogP contribution >= 0.6 is 0 Å². The van der Waals surface area contributed by atoms with Crippen molar-refractivity contribution >= 4 is 6.03 Å². The lowest BCUT2D eigenvalue weighted by atomic mass is 9.57. The van der Waals surface area contributed by atoms with Gasteiger partial charge in [0.05, 0.1) is 12.6 Å². The van der Waals surface area contributed by atoms with Crippen LogP contribution in [-0.4, -0.2) is 39.5 Å². The van der Waals surface area contributed by atoms with Gasteiger partial charge >= 0.3 is 6.03 Å². The quantitative estimate of drug-likeness (QED) is 0.881. The van der Waals surface area contributed by atoms with Crippen LogP contribution in [0.15, 0.2) is 0 Å². The highest BCUT2D eigenvalue weighted by molar-refractivity contribution is 5.74. The van der Waals surface area contributed by atoms with E-state index >= 15 is 0 Å². The summed E-state index contributed by atoms with van der Waals surface area (Å²) >= 11 is 0. The van der Waals surface area contributed by atoms with Crippen molar-refractivity contribution in [3.63, 3.8) is 0 Å². The SMILES string of the molecule is CC1(C)[C@H](NC(=O)NCc2nnc3n2CCCCC3)[C@@H]2CCO[C@@H]21. The molecular weight excluding hydrogens is 306 g/mol. The first-order chi connectivity index (χ1) is 11.6. The molecule has 132 valence electrons. The van der Waals surface area contributed by atoms with E-state index in [0.29, 0.717) is 12.5 Å². The van der Waals surface area contributed by atoms with Gasteiger partial charge in [-0.25, -0.2) is 4.79 Å². The van der Waals surface area contributed by atoms with E-state index in [-0.39, 0.29) is 23.6 Å². The second-order valence-corrected chi connectivity index (χ2v) is 7.86. The summed E-state index contributed by atoms with van der Waals surface area (Å²) < 4.78 is 7.95. The summed E-state index contributed by atoms with van der Waals surface area (Å²) in [5.41, 5.74) is 0.00442. The minimum absolute atomic E-state index is 0.00442. The molecule has 2 fully saturated rings. The monoisotopic (exact) mass is 333 g/mol. The Morgan fingerprint density at radius 3 is 3.08 bits per heavy atom. The van der Waals surface area contributed by atoms with Gasteiger partial charge in [-0.3, -0.25) is 0 Å². The zero-order valence-corrected chi connectivity index (χ0v) is 14.5. The van der Waals surface area contributed by atoms with Gasteiger partial charge in [-0.2, -0.15) is 0 Å². The number of ether oxygens (including phenoxy) is 1. The lowest BCUT2D eigenvalue weighted by molar-refractivity contribution is -0.108. The number of carbonyl (C=O) groups excluding carboxylic acids is 1. The summed E-state index contributed by atoms with van der Waals surface area (Å²) in [6.07, 6.45) is 5.87. The summed E-state index contributed by atoms with van der Waals surface area (Å²) in [5, 5.41) is 14.6. The Kier molecular flexibility index (Phi) is 3.98. The van der Waals surface area contributed by atoms with E-state index in [1.165, 1.54) is 12.8 Å². The minimum atomic E-state index is -0.121. The van der Waals surface area contributed by atoms with Crippen molar-refractivity contribution in [2.24, 2.45) is 11.3 Å². The van der Waals surface area contributed by atoms with Gasteiger partial charge in [0.25, 0.3) is 0 Å². The van der Waals surface area contributed by atoms with Crippen LogP contribution in [0.4, 0.5) is 4.79 Å². The highest BCUT2D eigenvalue weighted by atomic mass is 16.5. The standard InChI is InChI=1S/C17H27N5O2/c1-17(2)14(11-7-9-24-15(11)17)19-16(23)18-10-13-21-20-12-6-4-3-5-8-22(12)13/h11,14-15H,3-10H2,1-2H3,(H2,18,19,23)/t11-,14+,15-/m0/s1. The van der Waals surface area contributed by atoms with Gasteiger partial charge in [0.2, 0.25) is 0 Å². The van der Waals surface area contributed by atoms with Crippen molar-refractivity contribution in [2.75, 3.05) is 6.61 Å². The van der Waals surface area contributed by atoms with Gasteiger partial charge in [-0.05, 0) is 19.3 Å². The number of hydrogen-bond acceptors (Lipinski definition) is 4. The number of amides is 2. The fraction of sp³-hybridized carbons (Fsp3) is 0.824. The number of hydrogen-bond donors (Lipinski definition) is 2. The molecule has 1 saturated heterocycles. The predicted molar refractivity (Wildman–Crippen MR) is 88.4 cm³/mol. The number of carbonyl (C=O) groups is 1. The summed E-state index contributed by atoms with van der Waals surface area (Å²) in [7, 11) is 0. The Morgan fingerprint density at radius 2 is 2.21 bits per heavy atom. The van der Waals surface area contributed by atoms with Crippen LogP contribution in [-0.2, 0) is 24.2 Å². The Hall–Kier alpha value is -1.63. The summed E-state index contributed by atoms with van der Waals surface area (Å²) in [6.45, 7) is 6.53. The molecule has 1 saturated carbocycles. The minimum Gasteiger partial charge on any atom is -0.377 e. The molecule has 0 spiro atoms. The second kappa shape index (κ2) is 6.02. The molecule has 2 aliphatic heterocycles. The largest absolute Gasteiger partial charge is 0.377 e. The molecule has 3 atom stereocenters. The first kappa shape index (κ1) is 15.9. The van der Waals surface area contributed by atoms with Crippen molar-refractivity contribution in [3.05, 3.63) is 11.6 Å². The average Bonchev–Trinajstić information content (AvgIpc) is 3.10. The molecule has 0 aromatic carbocycles. The lowest BCUT2D eigenvalue weighted by Gasteiger charge is -2.54. The van der Waals surface area contributed by atoms with E-state index in [0.717, 1.165) is 44.1 Å². The molecule has 2 N–H and O–H groups in total. The van der Waals surface area contributed by atoms with Crippen LogP contribution in [0.3, 0.4) is 0 Å². The van der Waals surface area contributed by atoms with Crippen molar-refractivity contribution in [1.82, 2.24) is 25.4 Å². The molecule has 4 rings (SSSR count). The number of fused-ring (bicyclic) bond motifs is 2. The van der Waals surface area contributed by atoms with Crippen molar-refractivity contribution < 1.29 is 9.53 Å². The van der Waals surface area contributed by atoms with Gasteiger partial charge in [0.1, 0.15) is 5.82 Å². The van der Waals surface area contributed by atoms with Gasteiger partial charge < -0.3 is 19.9 Å². The van der Waals surface area contributed by atoms with E-state index in [1.807, 2.05) is 0 Å². The van der Waals surface area contributed by atoms with E-state index < -0.39 is 0 Å². The zero-order chi connectivity index (χ0) is 16.7. The summed E-state index contributed by atoms with van der Waals surface area (Å²) in [6, 6.07) is 0.0601. The molecule has 1 aromatic heterocycles. The molecule has 1 aliphatic carbocycles. The summed E-state index contributed by atoms with van der Waals surface area (Å²) in [5.74, 6) is 2.36. The maximum Gasteiger partial charge on any atom is 0.315 e. The van der Waals surface area contributed by atoms with E-state index in [9.17, 15) is 4.79 Å². The number of aryl methyl sites for hydroxylation is 1. The molecule has 7 nitrogen and oxygen atoms in total. The van der Waals surface area contributed by atoms with Crippen molar-refractivity contribution in [1.29, 1.82) is 0 Å². The number of nitrogens with zero attached hydrogens (tertiary/aromatic N) is 3. The Morgan fingerprint density at radius 1 is 1.33 bits per heavy atom. The summed E-state index contributed by atoms with van der Waals surface area (Å²) in [4.78, 5) is 12.3. The topological polar surface area (TPSA) is 81.1 Å². The highest BCUT2D eigenvalue weighted by Crippen LogP contribution is 2.52. The number of aromatic nitrogens is 3. The van der Waals surface area contributed by atoms with Crippen LogP contribution in [0, 0.1) is 11.3 Å². The Labute approximate surface area is 142 Å². The van der Waals surface area contributed by atoms with E-state index in [4.69, 9.17) is 4.74 Å². The smallest absolute Gasteiger partial charge is 0.315 e. The van der Waals surface area contributed by atoms with Gasteiger partial charge in [-0.1, -0.05) is 20.3 Å². The zero-order valence-electron chi connectivity index (χ0n) is 14.5. The molecule has 1 aromatic rings. The Balaban J connectivity index is 1.34. The fourth-order valence-electron chi connectivity index (χ4n) is 4.64. The molecule has 3 heterocycles. The maximum atomic E-state index is 12.3. The molecule has 7 heteroatoms.